The van der Waals surface area contributed by atoms with Gasteiger partial charge in [-0.1, -0.05) is 41.1 Å². The van der Waals surface area contributed by atoms with E-state index in [1.165, 1.54) is 5.56 Å². The Labute approximate surface area is 114 Å². The van der Waals surface area contributed by atoms with Gasteiger partial charge in [0, 0.05) is 4.47 Å². The summed E-state index contributed by atoms with van der Waals surface area (Å²) in [6.45, 7) is 2.09. The standard InChI is InChI=1S/C15H13BrO2/c1-2-10-9-13(16)6-7-14(10)11-4-3-5-12(8-11)15(17)18/h3-9H,2H2,1H3,(H,17,18). The SMILES string of the molecule is CCc1cc(Br)ccc1-c1cccc(C(=O)O)c1. The van der Waals surface area contributed by atoms with Crippen molar-refractivity contribution in [1.29, 1.82) is 0 Å². The van der Waals surface area contributed by atoms with E-state index in [1.54, 1.807) is 18.2 Å². The van der Waals surface area contributed by atoms with Crippen molar-refractivity contribution in [2.24, 2.45) is 0 Å². The van der Waals surface area contributed by atoms with E-state index in [1.807, 2.05) is 18.2 Å². The largest absolute Gasteiger partial charge is 0.478 e. The third kappa shape index (κ3) is 2.62. The molecule has 0 aliphatic carbocycles. The number of carboxylic acids is 1. The first-order valence-electron chi connectivity index (χ1n) is 5.74. The molecule has 0 bridgehead atoms. The van der Waals surface area contributed by atoms with Crippen LogP contribution in [0.5, 0.6) is 0 Å². The van der Waals surface area contributed by atoms with Gasteiger partial charge in [-0.15, -0.1) is 0 Å². The number of benzene rings is 2. The molecule has 2 nitrogen and oxygen atoms in total. The molecular weight excluding hydrogens is 292 g/mol. The summed E-state index contributed by atoms with van der Waals surface area (Å²) in [5.74, 6) is -0.896. The number of rotatable bonds is 3. The fourth-order valence-electron chi connectivity index (χ4n) is 1.96. The molecule has 0 heterocycles. The Morgan fingerprint density at radius 1 is 1.22 bits per heavy atom. The van der Waals surface area contributed by atoms with Gasteiger partial charge in [-0.3, -0.25) is 0 Å². The molecule has 0 aromatic heterocycles. The van der Waals surface area contributed by atoms with Crippen molar-refractivity contribution < 1.29 is 9.90 Å². The average molecular weight is 305 g/mol. The van der Waals surface area contributed by atoms with Crippen molar-refractivity contribution in [3.05, 3.63) is 58.1 Å². The van der Waals surface area contributed by atoms with Gasteiger partial charge in [0.05, 0.1) is 5.56 Å². The molecule has 18 heavy (non-hydrogen) atoms. The summed E-state index contributed by atoms with van der Waals surface area (Å²) in [4.78, 5) is 11.0. The zero-order valence-electron chi connectivity index (χ0n) is 9.98. The van der Waals surface area contributed by atoms with Crippen molar-refractivity contribution in [2.45, 2.75) is 13.3 Å². The van der Waals surface area contributed by atoms with E-state index in [9.17, 15) is 4.79 Å². The smallest absolute Gasteiger partial charge is 0.335 e. The molecule has 1 N–H and O–H groups in total. The highest BCUT2D eigenvalue weighted by atomic mass is 79.9. The summed E-state index contributed by atoms with van der Waals surface area (Å²) in [5.41, 5.74) is 3.55. The predicted octanol–water partition coefficient (Wildman–Crippen LogP) is 4.38. The van der Waals surface area contributed by atoms with Gasteiger partial charge in [0.1, 0.15) is 0 Å². The van der Waals surface area contributed by atoms with Crippen LogP contribution in [-0.4, -0.2) is 11.1 Å². The lowest BCUT2D eigenvalue weighted by Gasteiger charge is -2.09. The molecule has 0 spiro atoms. The number of hydrogen-bond acceptors (Lipinski definition) is 1. The van der Waals surface area contributed by atoms with Crippen LogP contribution in [0.2, 0.25) is 0 Å². The molecule has 2 aromatic carbocycles. The second kappa shape index (κ2) is 5.36. The van der Waals surface area contributed by atoms with Gasteiger partial charge in [0.15, 0.2) is 0 Å². The number of halogens is 1. The quantitative estimate of drug-likeness (QED) is 0.914. The highest BCUT2D eigenvalue weighted by Gasteiger charge is 2.08. The average Bonchev–Trinajstić information content (AvgIpc) is 2.38. The van der Waals surface area contributed by atoms with Crippen LogP contribution in [0, 0.1) is 0 Å². The van der Waals surface area contributed by atoms with Crippen LogP contribution in [0.1, 0.15) is 22.8 Å². The Hall–Kier alpha value is -1.61. The minimum absolute atomic E-state index is 0.317. The van der Waals surface area contributed by atoms with Crippen LogP contribution in [0.25, 0.3) is 11.1 Å². The van der Waals surface area contributed by atoms with Crippen molar-refractivity contribution in [1.82, 2.24) is 0 Å². The lowest BCUT2D eigenvalue weighted by molar-refractivity contribution is 0.0697. The van der Waals surface area contributed by atoms with Crippen LogP contribution < -0.4 is 0 Å². The lowest BCUT2D eigenvalue weighted by atomic mass is 9.97. The Balaban J connectivity index is 2.54. The maximum Gasteiger partial charge on any atom is 0.335 e. The normalized spacial score (nSPS) is 10.3. The van der Waals surface area contributed by atoms with Gasteiger partial charge in [-0.05, 0) is 47.4 Å². The zero-order valence-corrected chi connectivity index (χ0v) is 11.6. The highest BCUT2D eigenvalue weighted by molar-refractivity contribution is 9.10. The minimum atomic E-state index is -0.896. The van der Waals surface area contributed by atoms with Crippen molar-refractivity contribution in [3.8, 4) is 11.1 Å². The second-order valence-corrected chi connectivity index (χ2v) is 4.96. The van der Waals surface area contributed by atoms with Crippen LogP contribution in [-0.2, 0) is 6.42 Å². The van der Waals surface area contributed by atoms with Gasteiger partial charge in [-0.25, -0.2) is 4.79 Å². The van der Waals surface area contributed by atoms with Crippen molar-refractivity contribution in [3.63, 3.8) is 0 Å². The Morgan fingerprint density at radius 2 is 2.00 bits per heavy atom. The molecular formula is C15H13BrO2. The monoisotopic (exact) mass is 304 g/mol. The summed E-state index contributed by atoms with van der Waals surface area (Å²) in [6.07, 6.45) is 0.909. The Morgan fingerprint density at radius 3 is 2.67 bits per heavy atom. The molecule has 3 heteroatoms. The first-order valence-corrected chi connectivity index (χ1v) is 6.53. The molecule has 0 amide bonds. The summed E-state index contributed by atoms with van der Waals surface area (Å²) in [7, 11) is 0. The zero-order chi connectivity index (χ0) is 13.1. The first-order chi connectivity index (χ1) is 8.61. The molecule has 0 saturated carbocycles. The molecule has 0 radical (unpaired) electrons. The summed E-state index contributed by atoms with van der Waals surface area (Å²) in [5, 5.41) is 9.02. The molecule has 0 unspecified atom stereocenters. The summed E-state index contributed by atoms with van der Waals surface area (Å²) < 4.78 is 1.04. The highest BCUT2D eigenvalue weighted by Crippen LogP contribution is 2.27. The van der Waals surface area contributed by atoms with Crippen LogP contribution in [0.4, 0.5) is 0 Å². The molecule has 0 saturated heterocycles. The summed E-state index contributed by atoms with van der Waals surface area (Å²) in [6, 6.07) is 13.1. The van der Waals surface area contributed by atoms with E-state index in [2.05, 4.69) is 28.9 Å². The molecule has 2 aromatic rings. The first kappa shape index (κ1) is 12.8. The van der Waals surface area contributed by atoms with Crippen LogP contribution in [0.15, 0.2) is 46.9 Å². The van der Waals surface area contributed by atoms with Crippen molar-refractivity contribution in [2.75, 3.05) is 0 Å². The predicted molar refractivity (Wildman–Crippen MR) is 75.9 cm³/mol. The van der Waals surface area contributed by atoms with Crippen LogP contribution >= 0.6 is 15.9 Å². The van der Waals surface area contributed by atoms with E-state index >= 15 is 0 Å². The number of carbonyl (C=O) groups is 1. The van der Waals surface area contributed by atoms with Gasteiger partial charge in [0.2, 0.25) is 0 Å². The Kier molecular flexibility index (Phi) is 3.82. The molecule has 0 aliphatic heterocycles. The molecule has 0 fully saturated rings. The number of carboxylic acid groups (broad SMARTS) is 1. The number of hydrogen-bond donors (Lipinski definition) is 1. The van der Waals surface area contributed by atoms with E-state index in [0.717, 1.165) is 22.0 Å². The second-order valence-electron chi connectivity index (χ2n) is 4.04. The Bertz CT molecular complexity index is 591. The van der Waals surface area contributed by atoms with E-state index < -0.39 is 5.97 Å². The minimum Gasteiger partial charge on any atom is -0.478 e. The van der Waals surface area contributed by atoms with E-state index in [-0.39, 0.29) is 0 Å². The van der Waals surface area contributed by atoms with E-state index in [0.29, 0.717) is 5.56 Å². The maximum absolute atomic E-state index is 11.0. The van der Waals surface area contributed by atoms with Crippen molar-refractivity contribution >= 4 is 21.9 Å². The fraction of sp³-hybridized carbons (Fsp3) is 0.133. The van der Waals surface area contributed by atoms with Gasteiger partial charge < -0.3 is 5.11 Å². The molecule has 2 rings (SSSR count). The topological polar surface area (TPSA) is 37.3 Å². The number of aromatic carboxylic acids is 1. The van der Waals surface area contributed by atoms with Gasteiger partial charge in [0.25, 0.3) is 0 Å². The molecule has 0 atom stereocenters. The summed E-state index contributed by atoms with van der Waals surface area (Å²) >= 11 is 3.45. The van der Waals surface area contributed by atoms with E-state index in [4.69, 9.17) is 5.11 Å². The third-order valence-corrected chi connectivity index (χ3v) is 3.36. The maximum atomic E-state index is 11.0. The van der Waals surface area contributed by atoms with Gasteiger partial charge in [-0.2, -0.15) is 0 Å². The fourth-order valence-corrected chi connectivity index (χ4v) is 2.36. The number of aryl methyl sites for hydroxylation is 1. The third-order valence-electron chi connectivity index (χ3n) is 2.87. The lowest BCUT2D eigenvalue weighted by Crippen LogP contribution is -1.96. The van der Waals surface area contributed by atoms with Gasteiger partial charge >= 0.3 is 5.97 Å². The molecule has 92 valence electrons. The van der Waals surface area contributed by atoms with Crippen LogP contribution in [0.3, 0.4) is 0 Å². The molecule has 0 aliphatic rings.